The Kier molecular flexibility index (Phi) is 3.27. The van der Waals surface area contributed by atoms with Gasteiger partial charge < -0.3 is 0 Å². The van der Waals surface area contributed by atoms with Crippen molar-refractivity contribution in [1.82, 2.24) is 0 Å². The average molecular weight is 160 g/mol. The van der Waals surface area contributed by atoms with Crippen LogP contribution in [0.15, 0.2) is 42.0 Å². The van der Waals surface area contributed by atoms with Crippen molar-refractivity contribution in [3.05, 3.63) is 47.5 Å². The zero-order valence-corrected chi connectivity index (χ0v) is 7.16. The monoisotopic (exact) mass is 160 g/mol. The number of hydrogen-bond acceptors (Lipinski definition) is 1. The number of rotatable bonds is 3. The summed E-state index contributed by atoms with van der Waals surface area (Å²) in [6, 6.07) is 9.97. The molecule has 0 heterocycles. The molecule has 0 saturated heterocycles. The molecule has 0 aliphatic heterocycles. The molecule has 0 aliphatic carbocycles. The molecule has 0 saturated carbocycles. The van der Waals surface area contributed by atoms with Crippen LogP contribution in [0.1, 0.15) is 12.5 Å². The Hall–Kier alpha value is -1.37. The van der Waals surface area contributed by atoms with Gasteiger partial charge in [0.25, 0.3) is 0 Å². The van der Waals surface area contributed by atoms with Gasteiger partial charge in [0.2, 0.25) is 0 Å². The van der Waals surface area contributed by atoms with Crippen LogP contribution in [0.25, 0.3) is 0 Å². The first-order valence-corrected chi connectivity index (χ1v) is 4.01. The highest BCUT2D eigenvalue weighted by Gasteiger charge is 1.94. The fraction of sp³-hybridized carbons (Fsp3) is 0.182. The first kappa shape index (κ1) is 8.72. The van der Waals surface area contributed by atoms with Crippen LogP contribution in [0, 0.1) is 0 Å². The third-order valence-electron chi connectivity index (χ3n) is 1.77. The molecule has 0 N–H and O–H groups in total. The number of benzene rings is 1. The molecule has 0 aliphatic rings. The molecule has 1 aromatic carbocycles. The molecule has 62 valence electrons. The summed E-state index contributed by atoms with van der Waals surface area (Å²) in [5.74, 6) is 0. The van der Waals surface area contributed by atoms with Crippen molar-refractivity contribution < 1.29 is 4.79 Å². The Balaban J connectivity index is 2.70. The Labute approximate surface area is 72.7 Å². The second-order valence-electron chi connectivity index (χ2n) is 2.64. The Morgan fingerprint density at radius 3 is 2.50 bits per heavy atom. The number of hydrogen-bond donors (Lipinski definition) is 0. The first-order chi connectivity index (χ1) is 5.86. The van der Waals surface area contributed by atoms with Gasteiger partial charge in [0.1, 0.15) is 6.29 Å². The zero-order valence-electron chi connectivity index (χ0n) is 7.16. The van der Waals surface area contributed by atoms with E-state index in [1.807, 2.05) is 43.3 Å². The lowest BCUT2D eigenvalue weighted by Crippen LogP contribution is -1.90. The SMILES string of the molecule is CC=C(C=O)Cc1ccccc1. The van der Waals surface area contributed by atoms with E-state index in [-0.39, 0.29) is 0 Å². The molecule has 1 rings (SSSR count). The fourth-order valence-corrected chi connectivity index (χ4v) is 1.04. The molecule has 0 spiro atoms. The molecule has 12 heavy (non-hydrogen) atoms. The molecule has 0 fully saturated rings. The topological polar surface area (TPSA) is 17.1 Å². The predicted molar refractivity (Wildman–Crippen MR) is 50.0 cm³/mol. The highest BCUT2D eigenvalue weighted by Crippen LogP contribution is 2.05. The largest absolute Gasteiger partial charge is 0.298 e. The summed E-state index contributed by atoms with van der Waals surface area (Å²) in [4.78, 5) is 10.5. The highest BCUT2D eigenvalue weighted by atomic mass is 16.1. The Morgan fingerprint density at radius 1 is 1.33 bits per heavy atom. The minimum Gasteiger partial charge on any atom is -0.298 e. The first-order valence-electron chi connectivity index (χ1n) is 4.01. The third-order valence-corrected chi connectivity index (χ3v) is 1.77. The standard InChI is InChI=1S/C11H12O/c1-2-10(9-12)8-11-6-4-3-5-7-11/h2-7,9H,8H2,1H3. The normalized spacial score (nSPS) is 11.2. The van der Waals surface area contributed by atoms with Gasteiger partial charge in [-0.1, -0.05) is 36.4 Å². The van der Waals surface area contributed by atoms with Gasteiger partial charge in [-0.15, -0.1) is 0 Å². The van der Waals surface area contributed by atoms with Crippen LogP contribution in [0.3, 0.4) is 0 Å². The van der Waals surface area contributed by atoms with Crippen molar-refractivity contribution in [2.75, 3.05) is 0 Å². The molecule has 1 aromatic rings. The van der Waals surface area contributed by atoms with Crippen LogP contribution in [-0.4, -0.2) is 6.29 Å². The van der Waals surface area contributed by atoms with E-state index in [0.29, 0.717) is 0 Å². The van der Waals surface area contributed by atoms with Gasteiger partial charge in [-0.25, -0.2) is 0 Å². The van der Waals surface area contributed by atoms with Gasteiger partial charge in [-0.05, 0) is 18.1 Å². The molecule has 0 unspecified atom stereocenters. The van der Waals surface area contributed by atoms with Gasteiger partial charge in [0, 0.05) is 6.42 Å². The second-order valence-corrected chi connectivity index (χ2v) is 2.64. The predicted octanol–water partition coefficient (Wildman–Crippen LogP) is 2.37. The second kappa shape index (κ2) is 4.50. The summed E-state index contributed by atoms with van der Waals surface area (Å²) < 4.78 is 0. The summed E-state index contributed by atoms with van der Waals surface area (Å²) in [7, 11) is 0. The van der Waals surface area contributed by atoms with Gasteiger partial charge >= 0.3 is 0 Å². The number of aldehydes is 1. The summed E-state index contributed by atoms with van der Waals surface area (Å²) in [6.45, 7) is 1.88. The van der Waals surface area contributed by atoms with E-state index >= 15 is 0 Å². The average Bonchev–Trinajstić information content (AvgIpc) is 2.16. The van der Waals surface area contributed by atoms with Gasteiger partial charge in [-0.2, -0.15) is 0 Å². The zero-order chi connectivity index (χ0) is 8.81. The molecule has 0 atom stereocenters. The lowest BCUT2D eigenvalue weighted by Gasteiger charge is -1.98. The third kappa shape index (κ3) is 2.35. The molecule has 1 heteroatoms. The van der Waals surface area contributed by atoms with Crippen molar-refractivity contribution in [3.8, 4) is 0 Å². The van der Waals surface area contributed by atoms with Crippen LogP contribution in [0.5, 0.6) is 0 Å². The minimum absolute atomic E-state index is 0.737. The van der Waals surface area contributed by atoms with Gasteiger partial charge in [0.05, 0.1) is 0 Å². The maximum atomic E-state index is 10.5. The Morgan fingerprint density at radius 2 is 2.00 bits per heavy atom. The lowest BCUT2D eigenvalue weighted by atomic mass is 10.1. The van der Waals surface area contributed by atoms with E-state index in [0.717, 1.165) is 18.3 Å². The van der Waals surface area contributed by atoms with E-state index in [1.54, 1.807) is 0 Å². The molecule has 0 aromatic heterocycles. The maximum absolute atomic E-state index is 10.5. The summed E-state index contributed by atoms with van der Waals surface area (Å²) >= 11 is 0. The van der Waals surface area contributed by atoms with Gasteiger partial charge in [-0.3, -0.25) is 4.79 Å². The Bertz CT molecular complexity index is 272. The van der Waals surface area contributed by atoms with Crippen molar-refractivity contribution in [2.24, 2.45) is 0 Å². The van der Waals surface area contributed by atoms with Crippen LogP contribution in [0.4, 0.5) is 0 Å². The van der Waals surface area contributed by atoms with Crippen LogP contribution in [0.2, 0.25) is 0 Å². The molecule has 1 nitrogen and oxygen atoms in total. The van der Waals surface area contributed by atoms with Crippen LogP contribution >= 0.6 is 0 Å². The van der Waals surface area contributed by atoms with E-state index in [2.05, 4.69) is 0 Å². The summed E-state index contributed by atoms with van der Waals surface area (Å²) in [5, 5.41) is 0. The number of allylic oxidation sites excluding steroid dienone is 2. The smallest absolute Gasteiger partial charge is 0.146 e. The molecule has 0 amide bonds. The lowest BCUT2D eigenvalue weighted by molar-refractivity contribution is -0.105. The van der Waals surface area contributed by atoms with E-state index < -0.39 is 0 Å². The number of carbonyl (C=O) groups excluding carboxylic acids is 1. The van der Waals surface area contributed by atoms with Gasteiger partial charge in [0.15, 0.2) is 0 Å². The minimum atomic E-state index is 0.737. The molecular weight excluding hydrogens is 148 g/mol. The molecular formula is C11H12O. The van der Waals surface area contributed by atoms with E-state index in [4.69, 9.17) is 0 Å². The van der Waals surface area contributed by atoms with Crippen molar-refractivity contribution in [1.29, 1.82) is 0 Å². The quantitative estimate of drug-likeness (QED) is 0.490. The fourth-order valence-electron chi connectivity index (χ4n) is 1.04. The van der Waals surface area contributed by atoms with E-state index in [1.165, 1.54) is 5.56 Å². The van der Waals surface area contributed by atoms with Crippen molar-refractivity contribution in [2.45, 2.75) is 13.3 Å². The summed E-state index contributed by atoms with van der Waals surface area (Å²) in [6.07, 6.45) is 3.49. The number of carbonyl (C=O) groups is 1. The van der Waals surface area contributed by atoms with E-state index in [9.17, 15) is 4.79 Å². The summed E-state index contributed by atoms with van der Waals surface area (Å²) in [5.41, 5.74) is 2.01. The van der Waals surface area contributed by atoms with Crippen molar-refractivity contribution >= 4 is 6.29 Å². The maximum Gasteiger partial charge on any atom is 0.146 e. The molecule has 0 radical (unpaired) electrons. The van der Waals surface area contributed by atoms with Crippen LogP contribution < -0.4 is 0 Å². The van der Waals surface area contributed by atoms with Crippen LogP contribution in [-0.2, 0) is 11.2 Å². The van der Waals surface area contributed by atoms with Crippen molar-refractivity contribution in [3.63, 3.8) is 0 Å². The molecule has 0 bridgehead atoms. The highest BCUT2D eigenvalue weighted by molar-refractivity contribution is 5.73.